The van der Waals surface area contributed by atoms with Crippen molar-refractivity contribution in [3.63, 3.8) is 0 Å². The van der Waals surface area contributed by atoms with Gasteiger partial charge in [0, 0.05) is 0 Å². The quantitative estimate of drug-likeness (QED) is 0.651. The Hall–Kier alpha value is -1.29. The molecule has 0 saturated heterocycles. The van der Waals surface area contributed by atoms with Crippen molar-refractivity contribution < 1.29 is 0 Å². The molecule has 19 heavy (non-hydrogen) atoms. The minimum Gasteiger partial charge on any atom is -0.192 e. The second-order valence-corrected chi connectivity index (χ2v) is 5.99. The molecule has 1 nitrogen and oxygen atoms in total. The molecule has 1 aromatic carbocycles. The summed E-state index contributed by atoms with van der Waals surface area (Å²) in [5.41, 5.74) is 2.66. The summed E-state index contributed by atoms with van der Waals surface area (Å²) in [6.45, 7) is 2.27. The van der Waals surface area contributed by atoms with Crippen LogP contribution in [0.25, 0.3) is 0 Å². The highest BCUT2D eigenvalue weighted by molar-refractivity contribution is 5.35. The summed E-state index contributed by atoms with van der Waals surface area (Å²) in [5.74, 6) is 0. The number of nitrogens with zero attached hydrogens (tertiary/aromatic N) is 1. The van der Waals surface area contributed by atoms with Crippen molar-refractivity contribution in [2.75, 3.05) is 0 Å². The predicted octanol–water partition coefficient (Wildman–Crippen LogP) is 5.34. The van der Waals surface area contributed by atoms with Gasteiger partial charge in [-0.2, -0.15) is 5.26 Å². The molecule has 0 aliphatic heterocycles. The van der Waals surface area contributed by atoms with Crippen LogP contribution >= 0.6 is 0 Å². The molecule has 0 bridgehead atoms. The zero-order valence-electron chi connectivity index (χ0n) is 12.1. The molecule has 1 aliphatic rings. The van der Waals surface area contributed by atoms with Crippen LogP contribution in [-0.4, -0.2) is 0 Å². The second-order valence-electron chi connectivity index (χ2n) is 5.99. The molecule has 0 spiro atoms. The molecular weight excluding hydrogens is 230 g/mol. The Morgan fingerprint density at radius 1 is 1.05 bits per heavy atom. The molecule has 1 fully saturated rings. The van der Waals surface area contributed by atoms with Crippen LogP contribution in [0, 0.1) is 11.3 Å². The van der Waals surface area contributed by atoms with Gasteiger partial charge >= 0.3 is 0 Å². The lowest BCUT2D eigenvalue weighted by Gasteiger charge is -2.38. The van der Waals surface area contributed by atoms with Crippen molar-refractivity contribution in [3.05, 3.63) is 35.4 Å². The molecule has 0 heterocycles. The third-order valence-corrected chi connectivity index (χ3v) is 4.70. The van der Waals surface area contributed by atoms with Crippen molar-refractivity contribution in [3.8, 4) is 6.07 Å². The number of benzene rings is 1. The van der Waals surface area contributed by atoms with Gasteiger partial charge in [-0.1, -0.05) is 57.6 Å². The van der Waals surface area contributed by atoms with E-state index in [0.29, 0.717) is 5.41 Å². The molecule has 0 amide bonds. The zero-order chi connectivity index (χ0) is 13.6. The first kappa shape index (κ1) is 14.1. The van der Waals surface area contributed by atoms with Crippen LogP contribution < -0.4 is 0 Å². The Balaban J connectivity index is 2.17. The average Bonchev–Trinajstić information content (AvgIpc) is 2.49. The van der Waals surface area contributed by atoms with E-state index in [2.05, 4.69) is 25.1 Å². The van der Waals surface area contributed by atoms with Crippen LogP contribution in [0.4, 0.5) is 0 Å². The maximum Gasteiger partial charge on any atom is 0.0991 e. The molecule has 0 N–H and O–H groups in total. The molecule has 1 heteroatoms. The van der Waals surface area contributed by atoms with Gasteiger partial charge in [-0.3, -0.25) is 0 Å². The fraction of sp³-hybridized carbons (Fsp3) is 0.611. The highest BCUT2D eigenvalue weighted by Gasteiger charge is 2.32. The Bertz CT molecular complexity index is 418. The lowest BCUT2D eigenvalue weighted by molar-refractivity contribution is 0.266. The number of hydrogen-bond donors (Lipinski definition) is 0. The van der Waals surface area contributed by atoms with E-state index < -0.39 is 0 Å². The van der Waals surface area contributed by atoms with Gasteiger partial charge in [0.1, 0.15) is 0 Å². The molecule has 2 rings (SSSR count). The molecule has 0 radical (unpaired) electrons. The predicted molar refractivity (Wildman–Crippen MR) is 80.1 cm³/mol. The van der Waals surface area contributed by atoms with Gasteiger partial charge < -0.3 is 0 Å². The molecule has 0 unspecified atom stereocenters. The van der Waals surface area contributed by atoms with Crippen LogP contribution in [0.15, 0.2) is 24.3 Å². The van der Waals surface area contributed by atoms with Crippen molar-refractivity contribution in [2.45, 2.75) is 70.1 Å². The van der Waals surface area contributed by atoms with Crippen molar-refractivity contribution in [1.82, 2.24) is 0 Å². The molecular formula is C18H25N. The average molecular weight is 255 g/mol. The van der Waals surface area contributed by atoms with Gasteiger partial charge in [0.05, 0.1) is 11.6 Å². The fourth-order valence-corrected chi connectivity index (χ4v) is 3.52. The van der Waals surface area contributed by atoms with E-state index in [0.717, 1.165) is 5.56 Å². The highest BCUT2D eigenvalue weighted by atomic mass is 14.4. The van der Waals surface area contributed by atoms with Gasteiger partial charge in [-0.05, 0) is 42.4 Å². The first-order valence-corrected chi connectivity index (χ1v) is 7.81. The van der Waals surface area contributed by atoms with E-state index in [1.54, 1.807) is 0 Å². The summed E-state index contributed by atoms with van der Waals surface area (Å²) in [4.78, 5) is 0. The topological polar surface area (TPSA) is 23.8 Å². The van der Waals surface area contributed by atoms with Crippen LogP contribution in [-0.2, 0) is 5.41 Å². The van der Waals surface area contributed by atoms with Crippen LogP contribution in [0.3, 0.4) is 0 Å². The van der Waals surface area contributed by atoms with Gasteiger partial charge in [0.15, 0.2) is 0 Å². The van der Waals surface area contributed by atoms with Crippen LogP contribution in [0.2, 0.25) is 0 Å². The molecule has 102 valence electrons. The van der Waals surface area contributed by atoms with E-state index in [1.807, 2.05) is 12.1 Å². The minimum absolute atomic E-state index is 0.404. The Morgan fingerprint density at radius 2 is 1.74 bits per heavy atom. The number of nitriles is 1. The zero-order valence-corrected chi connectivity index (χ0v) is 12.1. The van der Waals surface area contributed by atoms with Gasteiger partial charge in [-0.25, -0.2) is 0 Å². The standard InChI is InChI=1S/C18H25N/c1-2-3-5-12-18(13-6-4-7-14-18)17-10-8-16(15-19)9-11-17/h8-11H,2-7,12-14H2,1H3. The molecule has 1 aromatic rings. The second kappa shape index (κ2) is 6.75. The maximum atomic E-state index is 8.93. The lowest BCUT2D eigenvalue weighted by Crippen LogP contribution is -2.29. The molecule has 1 saturated carbocycles. The van der Waals surface area contributed by atoms with E-state index in [-0.39, 0.29) is 0 Å². The Morgan fingerprint density at radius 3 is 2.32 bits per heavy atom. The SMILES string of the molecule is CCCCCC1(c2ccc(C#N)cc2)CCCCC1. The summed E-state index contributed by atoms with van der Waals surface area (Å²) in [7, 11) is 0. The maximum absolute atomic E-state index is 8.93. The summed E-state index contributed by atoms with van der Waals surface area (Å²) in [6, 6.07) is 10.6. The lowest BCUT2D eigenvalue weighted by atomic mass is 9.66. The summed E-state index contributed by atoms with van der Waals surface area (Å²) in [5, 5.41) is 8.93. The monoisotopic (exact) mass is 255 g/mol. The van der Waals surface area contributed by atoms with Gasteiger partial charge in [-0.15, -0.1) is 0 Å². The van der Waals surface area contributed by atoms with E-state index in [4.69, 9.17) is 5.26 Å². The van der Waals surface area contributed by atoms with Crippen LogP contribution in [0.1, 0.15) is 75.8 Å². The van der Waals surface area contributed by atoms with Crippen molar-refractivity contribution in [2.24, 2.45) is 0 Å². The van der Waals surface area contributed by atoms with Crippen molar-refractivity contribution in [1.29, 1.82) is 5.26 Å². The van der Waals surface area contributed by atoms with Crippen molar-refractivity contribution >= 4 is 0 Å². The summed E-state index contributed by atoms with van der Waals surface area (Å²) >= 11 is 0. The molecule has 0 atom stereocenters. The molecule has 1 aliphatic carbocycles. The third kappa shape index (κ3) is 3.38. The summed E-state index contributed by atoms with van der Waals surface area (Å²) in [6.07, 6.45) is 12.1. The smallest absolute Gasteiger partial charge is 0.0991 e. The Kier molecular flexibility index (Phi) is 5.02. The first-order chi connectivity index (χ1) is 9.30. The van der Waals surface area contributed by atoms with Gasteiger partial charge in [0.2, 0.25) is 0 Å². The first-order valence-electron chi connectivity index (χ1n) is 7.81. The van der Waals surface area contributed by atoms with E-state index in [9.17, 15) is 0 Å². The number of rotatable bonds is 5. The third-order valence-electron chi connectivity index (χ3n) is 4.70. The van der Waals surface area contributed by atoms with E-state index in [1.165, 1.54) is 63.4 Å². The van der Waals surface area contributed by atoms with Crippen LogP contribution in [0.5, 0.6) is 0 Å². The molecule has 0 aromatic heterocycles. The highest BCUT2D eigenvalue weighted by Crippen LogP contribution is 2.43. The number of unbranched alkanes of at least 4 members (excludes halogenated alkanes) is 2. The minimum atomic E-state index is 0.404. The normalized spacial score (nSPS) is 17.9. The van der Waals surface area contributed by atoms with Gasteiger partial charge in [0.25, 0.3) is 0 Å². The largest absolute Gasteiger partial charge is 0.192 e. The fourth-order valence-electron chi connectivity index (χ4n) is 3.52. The number of hydrogen-bond acceptors (Lipinski definition) is 1. The van der Waals surface area contributed by atoms with E-state index >= 15 is 0 Å². The Labute approximate surface area is 117 Å². The summed E-state index contributed by atoms with van der Waals surface area (Å²) < 4.78 is 0.